The molecule has 2 aromatic rings. The Morgan fingerprint density at radius 3 is 2.58 bits per heavy atom. The van der Waals surface area contributed by atoms with Crippen LogP contribution >= 0.6 is 0 Å². The van der Waals surface area contributed by atoms with Crippen molar-refractivity contribution in [2.24, 2.45) is 0 Å². The standard InChI is InChI=1S/C16H21N3O4S/c1-3-17-10-12-6-4-5-7-14(12)19-16(20)15-9-8-13(23-15)11-18-24(2,21)22/h4-9,17-18H,3,10-11H2,1-2H3,(H,19,20). The van der Waals surface area contributed by atoms with Gasteiger partial charge in [0.05, 0.1) is 12.8 Å². The summed E-state index contributed by atoms with van der Waals surface area (Å²) in [5.74, 6) is 0.106. The maximum Gasteiger partial charge on any atom is 0.291 e. The molecule has 0 saturated heterocycles. The van der Waals surface area contributed by atoms with Crippen LogP contribution in [0, 0.1) is 0 Å². The van der Waals surface area contributed by atoms with E-state index in [1.165, 1.54) is 6.07 Å². The molecule has 7 nitrogen and oxygen atoms in total. The van der Waals surface area contributed by atoms with Gasteiger partial charge in [-0.1, -0.05) is 25.1 Å². The van der Waals surface area contributed by atoms with Crippen molar-refractivity contribution in [3.63, 3.8) is 0 Å². The molecule has 2 rings (SSSR count). The number of rotatable bonds is 8. The van der Waals surface area contributed by atoms with Crippen LogP contribution < -0.4 is 15.4 Å². The molecule has 24 heavy (non-hydrogen) atoms. The summed E-state index contributed by atoms with van der Waals surface area (Å²) < 4.78 is 29.8. The minimum Gasteiger partial charge on any atom is -0.455 e. The number of hydrogen-bond donors (Lipinski definition) is 3. The monoisotopic (exact) mass is 351 g/mol. The fourth-order valence-electron chi connectivity index (χ4n) is 2.04. The number of para-hydroxylation sites is 1. The van der Waals surface area contributed by atoms with Crippen LogP contribution in [0.15, 0.2) is 40.8 Å². The van der Waals surface area contributed by atoms with Gasteiger partial charge in [0.15, 0.2) is 5.76 Å². The normalized spacial score (nSPS) is 11.4. The molecule has 0 aliphatic carbocycles. The number of sulfonamides is 1. The number of nitrogens with one attached hydrogen (secondary N) is 3. The average Bonchev–Trinajstić information content (AvgIpc) is 3.00. The van der Waals surface area contributed by atoms with Crippen LogP contribution in [-0.2, 0) is 23.1 Å². The summed E-state index contributed by atoms with van der Waals surface area (Å²) >= 11 is 0. The van der Waals surface area contributed by atoms with E-state index in [4.69, 9.17) is 4.42 Å². The first-order valence-electron chi connectivity index (χ1n) is 7.52. The molecule has 0 aliphatic heterocycles. The molecule has 8 heteroatoms. The molecule has 1 amide bonds. The van der Waals surface area contributed by atoms with Crippen molar-refractivity contribution in [3.8, 4) is 0 Å². The fourth-order valence-corrected chi connectivity index (χ4v) is 2.44. The maximum atomic E-state index is 12.3. The predicted molar refractivity (Wildman–Crippen MR) is 92.2 cm³/mol. The van der Waals surface area contributed by atoms with Gasteiger partial charge in [0.1, 0.15) is 5.76 Å². The largest absolute Gasteiger partial charge is 0.455 e. The quantitative estimate of drug-likeness (QED) is 0.672. The number of amides is 1. The third-order valence-electron chi connectivity index (χ3n) is 3.23. The Labute approximate surface area is 141 Å². The number of furan rings is 1. The van der Waals surface area contributed by atoms with Gasteiger partial charge >= 0.3 is 0 Å². The van der Waals surface area contributed by atoms with Crippen molar-refractivity contribution in [1.29, 1.82) is 0 Å². The van der Waals surface area contributed by atoms with Crippen molar-refractivity contribution in [3.05, 3.63) is 53.5 Å². The molecule has 130 valence electrons. The molecule has 3 N–H and O–H groups in total. The molecular weight excluding hydrogens is 330 g/mol. The molecular formula is C16H21N3O4S. The molecule has 0 atom stereocenters. The summed E-state index contributed by atoms with van der Waals surface area (Å²) in [6.07, 6.45) is 1.06. The van der Waals surface area contributed by atoms with E-state index < -0.39 is 10.0 Å². The van der Waals surface area contributed by atoms with Gasteiger partial charge in [-0.3, -0.25) is 4.79 Å². The van der Waals surface area contributed by atoms with Crippen LogP contribution in [0.1, 0.15) is 28.8 Å². The second-order valence-corrected chi connectivity index (χ2v) is 7.08. The first-order valence-corrected chi connectivity index (χ1v) is 9.41. The van der Waals surface area contributed by atoms with E-state index in [-0.39, 0.29) is 18.2 Å². The zero-order chi connectivity index (χ0) is 17.6. The zero-order valence-electron chi connectivity index (χ0n) is 13.6. The Balaban J connectivity index is 2.04. The first-order chi connectivity index (χ1) is 11.4. The molecule has 0 bridgehead atoms. The van der Waals surface area contributed by atoms with Crippen LogP contribution in [0.4, 0.5) is 5.69 Å². The number of benzene rings is 1. The molecule has 0 aliphatic rings. The van der Waals surface area contributed by atoms with Gasteiger partial charge in [0, 0.05) is 12.2 Å². The van der Waals surface area contributed by atoms with Gasteiger partial charge in [-0.2, -0.15) is 0 Å². The molecule has 1 heterocycles. The smallest absolute Gasteiger partial charge is 0.291 e. The number of carbonyl (C=O) groups is 1. The highest BCUT2D eigenvalue weighted by molar-refractivity contribution is 7.88. The van der Waals surface area contributed by atoms with Gasteiger partial charge in [-0.25, -0.2) is 13.1 Å². The van der Waals surface area contributed by atoms with Crippen molar-refractivity contribution in [1.82, 2.24) is 10.0 Å². The van der Waals surface area contributed by atoms with Gasteiger partial charge in [-0.15, -0.1) is 0 Å². The van der Waals surface area contributed by atoms with Crippen molar-refractivity contribution in [2.45, 2.75) is 20.0 Å². The highest BCUT2D eigenvalue weighted by atomic mass is 32.2. The average molecular weight is 351 g/mol. The minimum absolute atomic E-state index is 0.00310. The lowest BCUT2D eigenvalue weighted by Gasteiger charge is -2.10. The van der Waals surface area contributed by atoms with Crippen LogP contribution in [-0.4, -0.2) is 27.1 Å². The Kier molecular flexibility index (Phi) is 6.13. The van der Waals surface area contributed by atoms with Gasteiger partial charge in [-0.05, 0) is 30.3 Å². The van der Waals surface area contributed by atoms with Gasteiger partial charge in [0.25, 0.3) is 5.91 Å². The molecule has 1 aromatic heterocycles. The van der Waals surface area contributed by atoms with Crippen molar-refractivity contribution >= 4 is 21.6 Å². The summed E-state index contributed by atoms with van der Waals surface area (Å²) in [7, 11) is -3.31. The van der Waals surface area contributed by atoms with Crippen molar-refractivity contribution in [2.75, 3.05) is 18.1 Å². The number of anilines is 1. The molecule has 0 unspecified atom stereocenters. The summed E-state index contributed by atoms with van der Waals surface area (Å²) in [5, 5.41) is 6.02. The molecule has 0 radical (unpaired) electrons. The molecule has 1 aromatic carbocycles. The number of carbonyl (C=O) groups excluding carboxylic acids is 1. The van der Waals surface area contributed by atoms with Crippen LogP contribution in [0.2, 0.25) is 0 Å². The molecule has 0 spiro atoms. The predicted octanol–water partition coefficient (Wildman–Crippen LogP) is 1.69. The van der Waals surface area contributed by atoms with Crippen LogP contribution in [0.25, 0.3) is 0 Å². The summed E-state index contributed by atoms with van der Waals surface area (Å²) in [4.78, 5) is 12.3. The Hall–Kier alpha value is -2.16. The third-order valence-corrected chi connectivity index (χ3v) is 3.89. The van der Waals surface area contributed by atoms with E-state index in [1.54, 1.807) is 6.07 Å². The van der Waals surface area contributed by atoms with Gasteiger partial charge in [0.2, 0.25) is 10.0 Å². The second kappa shape index (κ2) is 8.09. The fraction of sp³-hybridized carbons (Fsp3) is 0.312. The van der Waals surface area contributed by atoms with Gasteiger partial charge < -0.3 is 15.1 Å². The first kappa shape index (κ1) is 18.2. The van der Waals surface area contributed by atoms with Crippen molar-refractivity contribution < 1.29 is 17.6 Å². The lowest BCUT2D eigenvalue weighted by molar-refractivity contribution is 0.0995. The lowest BCUT2D eigenvalue weighted by Crippen LogP contribution is -2.20. The van der Waals surface area contributed by atoms with Crippen LogP contribution in [0.5, 0.6) is 0 Å². The minimum atomic E-state index is -3.31. The Bertz CT molecular complexity index is 799. The number of hydrogen-bond acceptors (Lipinski definition) is 5. The second-order valence-electron chi connectivity index (χ2n) is 5.25. The maximum absolute atomic E-state index is 12.3. The van der Waals surface area contributed by atoms with E-state index in [0.29, 0.717) is 18.0 Å². The molecule has 0 saturated carbocycles. The summed E-state index contributed by atoms with van der Waals surface area (Å²) in [5.41, 5.74) is 1.67. The SMILES string of the molecule is CCNCc1ccccc1NC(=O)c1ccc(CNS(C)(=O)=O)o1. The van der Waals surface area contributed by atoms with E-state index >= 15 is 0 Å². The zero-order valence-corrected chi connectivity index (χ0v) is 14.4. The lowest BCUT2D eigenvalue weighted by atomic mass is 10.1. The van der Waals surface area contributed by atoms with E-state index in [9.17, 15) is 13.2 Å². The molecule has 0 fully saturated rings. The summed E-state index contributed by atoms with van der Waals surface area (Å²) in [6, 6.07) is 10.6. The highest BCUT2D eigenvalue weighted by Crippen LogP contribution is 2.17. The Morgan fingerprint density at radius 1 is 1.12 bits per heavy atom. The van der Waals surface area contributed by atoms with Crippen LogP contribution in [0.3, 0.4) is 0 Å². The van der Waals surface area contributed by atoms with E-state index in [2.05, 4.69) is 15.4 Å². The summed E-state index contributed by atoms with van der Waals surface area (Å²) in [6.45, 7) is 3.49. The Morgan fingerprint density at radius 2 is 1.88 bits per heavy atom. The third kappa shape index (κ3) is 5.48. The topological polar surface area (TPSA) is 100 Å². The highest BCUT2D eigenvalue weighted by Gasteiger charge is 2.14. The van der Waals surface area contributed by atoms with E-state index in [1.807, 2.05) is 31.2 Å². The van der Waals surface area contributed by atoms with E-state index in [0.717, 1.165) is 18.4 Å².